The predicted octanol–water partition coefficient (Wildman–Crippen LogP) is 5.07. The monoisotopic (exact) mass is 331 g/mol. The Hall–Kier alpha value is -1.12. The summed E-state index contributed by atoms with van der Waals surface area (Å²) in [5.41, 5.74) is 6.59. The molecule has 2 aromatic carbocycles. The van der Waals surface area contributed by atoms with Gasteiger partial charge in [0, 0.05) is 4.47 Å². The Balaban J connectivity index is 2.49. The summed E-state index contributed by atoms with van der Waals surface area (Å²) in [7, 11) is 0. The summed E-state index contributed by atoms with van der Waals surface area (Å²) in [5, 5.41) is 3.60. The van der Waals surface area contributed by atoms with Gasteiger partial charge in [-0.3, -0.25) is 0 Å². The van der Waals surface area contributed by atoms with E-state index >= 15 is 0 Å². The maximum atomic E-state index is 3.69. The zero-order valence-electron chi connectivity index (χ0n) is 12.6. The van der Waals surface area contributed by atoms with Crippen molar-refractivity contribution in [3.63, 3.8) is 0 Å². The van der Waals surface area contributed by atoms with Gasteiger partial charge in [-0.05, 0) is 55.6 Å². The molecule has 0 saturated carbocycles. The smallest absolute Gasteiger partial charge is 0.0587 e. The second-order valence-corrected chi connectivity index (χ2v) is 6.21. The van der Waals surface area contributed by atoms with Crippen molar-refractivity contribution in [2.24, 2.45) is 0 Å². The van der Waals surface area contributed by atoms with Gasteiger partial charge in [0.05, 0.1) is 6.04 Å². The molecule has 2 heteroatoms. The Kier molecular flexibility index (Phi) is 5.00. The molecule has 106 valence electrons. The Labute approximate surface area is 130 Å². The first kappa shape index (κ1) is 15.3. The van der Waals surface area contributed by atoms with Gasteiger partial charge in [0.2, 0.25) is 0 Å². The topological polar surface area (TPSA) is 12.0 Å². The van der Waals surface area contributed by atoms with Gasteiger partial charge in [0.1, 0.15) is 0 Å². The predicted molar refractivity (Wildman–Crippen MR) is 90.3 cm³/mol. The van der Waals surface area contributed by atoms with Crippen LogP contribution in [0.3, 0.4) is 0 Å². The molecule has 0 aromatic heterocycles. The van der Waals surface area contributed by atoms with Crippen LogP contribution in [0.25, 0.3) is 0 Å². The highest BCUT2D eigenvalue weighted by molar-refractivity contribution is 9.10. The highest BCUT2D eigenvalue weighted by atomic mass is 79.9. The molecule has 0 bridgehead atoms. The lowest BCUT2D eigenvalue weighted by Crippen LogP contribution is -2.22. The molecule has 0 aliphatic heterocycles. The molecular formula is C18H22BrN. The van der Waals surface area contributed by atoms with Gasteiger partial charge in [-0.15, -0.1) is 0 Å². The van der Waals surface area contributed by atoms with Crippen LogP contribution in [0, 0.1) is 20.8 Å². The lowest BCUT2D eigenvalue weighted by Gasteiger charge is -2.22. The molecule has 2 rings (SSSR count). The lowest BCUT2D eigenvalue weighted by atomic mass is 9.94. The van der Waals surface area contributed by atoms with Crippen LogP contribution in [0.15, 0.2) is 40.9 Å². The van der Waals surface area contributed by atoms with E-state index in [0.717, 1.165) is 11.0 Å². The minimum Gasteiger partial charge on any atom is -0.306 e. The van der Waals surface area contributed by atoms with E-state index < -0.39 is 0 Å². The van der Waals surface area contributed by atoms with Gasteiger partial charge < -0.3 is 5.32 Å². The van der Waals surface area contributed by atoms with Crippen LogP contribution >= 0.6 is 15.9 Å². The largest absolute Gasteiger partial charge is 0.306 e. The van der Waals surface area contributed by atoms with Crippen molar-refractivity contribution >= 4 is 15.9 Å². The van der Waals surface area contributed by atoms with Gasteiger partial charge in [-0.25, -0.2) is 0 Å². The van der Waals surface area contributed by atoms with E-state index in [2.05, 4.69) is 85.3 Å². The number of halogens is 1. The Morgan fingerprint density at radius 2 is 1.75 bits per heavy atom. The van der Waals surface area contributed by atoms with E-state index in [9.17, 15) is 0 Å². The molecule has 0 amide bonds. The molecule has 1 atom stereocenters. The number of hydrogen-bond donors (Lipinski definition) is 1. The van der Waals surface area contributed by atoms with Crippen LogP contribution in [-0.2, 0) is 0 Å². The van der Waals surface area contributed by atoms with Crippen molar-refractivity contribution in [2.45, 2.75) is 33.7 Å². The minimum atomic E-state index is 0.230. The summed E-state index contributed by atoms with van der Waals surface area (Å²) >= 11 is 3.69. The normalized spacial score (nSPS) is 12.4. The van der Waals surface area contributed by atoms with E-state index in [0.29, 0.717) is 0 Å². The molecule has 0 aliphatic rings. The molecule has 0 radical (unpaired) electrons. The molecule has 0 heterocycles. The van der Waals surface area contributed by atoms with Crippen molar-refractivity contribution in [3.05, 3.63) is 68.7 Å². The number of hydrogen-bond acceptors (Lipinski definition) is 1. The van der Waals surface area contributed by atoms with Crippen molar-refractivity contribution in [2.75, 3.05) is 6.54 Å². The van der Waals surface area contributed by atoms with Crippen LogP contribution in [0.5, 0.6) is 0 Å². The van der Waals surface area contributed by atoms with Crippen molar-refractivity contribution in [1.82, 2.24) is 5.32 Å². The summed E-state index contributed by atoms with van der Waals surface area (Å²) in [6.07, 6.45) is 0. The maximum absolute atomic E-state index is 3.69. The number of rotatable bonds is 4. The van der Waals surface area contributed by atoms with E-state index in [4.69, 9.17) is 0 Å². The molecule has 1 unspecified atom stereocenters. The third-order valence-electron chi connectivity index (χ3n) is 3.74. The average Bonchev–Trinajstić information content (AvgIpc) is 2.42. The van der Waals surface area contributed by atoms with Crippen LogP contribution in [0.1, 0.15) is 40.8 Å². The van der Waals surface area contributed by atoms with E-state index in [1.54, 1.807) is 0 Å². The molecule has 1 nitrogen and oxygen atoms in total. The quantitative estimate of drug-likeness (QED) is 0.824. The van der Waals surface area contributed by atoms with Crippen LogP contribution in [-0.4, -0.2) is 6.54 Å². The molecule has 20 heavy (non-hydrogen) atoms. The zero-order valence-corrected chi connectivity index (χ0v) is 14.2. The molecular weight excluding hydrogens is 310 g/mol. The van der Waals surface area contributed by atoms with Crippen LogP contribution < -0.4 is 5.32 Å². The van der Waals surface area contributed by atoms with Crippen LogP contribution in [0.2, 0.25) is 0 Å². The lowest BCUT2D eigenvalue weighted by molar-refractivity contribution is 0.627. The minimum absolute atomic E-state index is 0.230. The molecule has 2 aromatic rings. The molecule has 0 saturated heterocycles. The fourth-order valence-electron chi connectivity index (χ4n) is 2.44. The zero-order chi connectivity index (χ0) is 14.7. The molecule has 0 fully saturated rings. The fraction of sp³-hybridized carbons (Fsp3) is 0.333. The maximum Gasteiger partial charge on any atom is 0.0587 e. The van der Waals surface area contributed by atoms with E-state index in [1.807, 2.05) is 0 Å². The summed E-state index contributed by atoms with van der Waals surface area (Å²) < 4.78 is 1.16. The Morgan fingerprint density at radius 3 is 2.40 bits per heavy atom. The standard InChI is InChI=1S/C18H22BrN/c1-5-20-18(15-8-7-13(3)14(4)11-15)16-10-12(2)6-9-17(16)19/h6-11,18,20H,5H2,1-4H3. The van der Waals surface area contributed by atoms with Crippen molar-refractivity contribution in [3.8, 4) is 0 Å². The molecule has 1 N–H and O–H groups in total. The average molecular weight is 332 g/mol. The number of benzene rings is 2. The van der Waals surface area contributed by atoms with Gasteiger partial charge in [0.15, 0.2) is 0 Å². The Bertz CT molecular complexity index is 604. The highest BCUT2D eigenvalue weighted by Crippen LogP contribution is 2.30. The van der Waals surface area contributed by atoms with Crippen LogP contribution in [0.4, 0.5) is 0 Å². The third-order valence-corrected chi connectivity index (χ3v) is 4.46. The number of nitrogens with one attached hydrogen (secondary N) is 1. The second kappa shape index (κ2) is 6.55. The summed E-state index contributed by atoms with van der Waals surface area (Å²) in [6, 6.07) is 13.5. The first-order valence-corrected chi connectivity index (χ1v) is 7.88. The van der Waals surface area contributed by atoms with E-state index in [1.165, 1.54) is 27.8 Å². The molecule has 0 spiro atoms. The first-order chi connectivity index (χ1) is 9.52. The number of aryl methyl sites for hydroxylation is 3. The van der Waals surface area contributed by atoms with Gasteiger partial charge in [0.25, 0.3) is 0 Å². The first-order valence-electron chi connectivity index (χ1n) is 7.09. The third kappa shape index (κ3) is 3.31. The van der Waals surface area contributed by atoms with Gasteiger partial charge >= 0.3 is 0 Å². The van der Waals surface area contributed by atoms with Crippen molar-refractivity contribution in [1.29, 1.82) is 0 Å². The van der Waals surface area contributed by atoms with Crippen molar-refractivity contribution < 1.29 is 0 Å². The van der Waals surface area contributed by atoms with E-state index in [-0.39, 0.29) is 6.04 Å². The second-order valence-electron chi connectivity index (χ2n) is 5.36. The fourth-order valence-corrected chi connectivity index (χ4v) is 2.92. The molecule has 0 aliphatic carbocycles. The summed E-state index contributed by atoms with van der Waals surface area (Å²) in [4.78, 5) is 0. The summed E-state index contributed by atoms with van der Waals surface area (Å²) in [5.74, 6) is 0. The Morgan fingerprint density at radius 1 is 1.00 bits per heavy atom. The summed E-state index contributed by atoms with van der Waals surface area (Å²) in [6.45, 7) is 9.56. The SMILES string of the molecule is CCNC(c1ccc(C)c(C)c1)c1cc(C)ccc1Br. The van der Waals surface area contributed by atoms with Gasteiger partial charge in [-0.1, -0.05) is 58.7 Å². The van der Waals surface area contributed by atoms with Gasteiger partial charge in [-0.2, -0.15) is 0 Å². The highest BCUT2D eigenvalue weighted by Gasteiger charge is 2.16.